The van der Waals surface area contributed by atoms with Crippen LogP contribution in [0, 0.1) is 0 Å². The number of ether oxygens (including phenoxy) is 2. The number of rotatable bonds is 6. The van der Waals surface area contributed by atoms with Gasteiger partial charge in [-0.3, -0.25) is 9.79 Å². The molecule has 1 aromatic carbocycles. The first-order valence-corrected chi connectivity index (χ1v) is 7.25. The Hall–Kier alpha value is -2.24. The fraction of sp³-hybridized carbons (Fsp3) is 0.500. The highest BCUT2D eigenvalue weighted by Crippen LogP contribution is 2.07. The van der Waals surface area contributed by atoms with E-state index in [-0.39, 0.29) is 12.5 Å². The molecule has 0 aliphatic rings. The van der Waals surface area contributed by atoms with E-state index in [2.05, 4.69) is 15.6 Å². The van der Waals surface area contributed by atoms with Gasteiger partial charge >= 0.3 is 5.97 Å². The van der Waals surface area contributed by atoms with Crippen LogP contribution in [0.15, 0.2) is 35.3 Å². The fourth-order valence-electron chi connectivity index (χ4n) is 1.61. The Morgan fingerprint density at radius 1 is 1.18 bits per heavy atom. The van der Waals surface area contributed by atoms with E-state index in [0.717, 1.165) is 5.75 Å². The third kappa shape index (κ3) is 8.14. The molecule has 0 amide bonds. The Balaban J connectivity index is 2.21. The largest absolute Gasteiger partial charge is 0.492 e. The number of hydrogen-bond acceptors (Lipinski definition) is 4. The van der Waals surface area contributed by atoms with Crippen molar-refractivity contribution in [3.05, 3.63) is 30.3 Å². The van der Waals surface area contributed by atoms with Gasteiger partial charge in [-0.05, 0) is 32.9 Å². The zero-order chi connectivity index (χ0) is 16.4. The van der Waals surface area contributed by atoms with Gasteiger partial charge in [0.15, 0.2) is 5.96 Å². The van der Waals surface area contributed by atoms with Gasteiger partial charge in [0.2, 0.25) is 0 Å². The van der Waals surface area contributed by atoms with E-state index in [0.29, 0.717) is 19.1 Å². The van der Waals surface area contributed by atoms with E-state index in [9.17, 15) is 4.79 Å². The number of carbonyl (C=O) groups is 1. The van der Waals surface area contributed by atoms with Crippen LogP contribution in [0.2, 0.25) is 0 Å². The molecular weight excluding hydrogens is 282 g/mol. The summed E-state index contributed by atoms with van der Waals surface area (Å²) in [7, 11) is 1.64. The van der Waals surface area contributed by atoms with E-state index >= 15 is 0 Å². The van der Waals surface area contributed by atoms with Crippen LogP contribution in [0.4, 0.5) is 0 Å². The van der Waals surface area contributed by atoms with Crippen LogP contribution in [0.3, 0.4) is 0 Å². The minimum atomic E-state index is -0.487. The number of esters is 1. The summed E-state index contributed by atoms with van der Waals surface area (Å²) < 4.78 is 10.8. The average Bonchev–Trinajstić information content (AvgIpc) is 2.46. The molecule has 2 N–H and O–H groups in total. The van der Waals surface area contributed by atoms with Gasteiger partial charge in [0, 0.05) is 7.05 Å². The van der Waals surface area contributed by atoms with Crippen molar-refractivity contribution in [3.63, 3.8) is 0 Å². The molecule has 0 unspecified atom stereocenters. The van der Waals surface area contributed by atoms with E-state index in [4.69, 9.17) is 9.47 Å². The molecule has 0 saturated heterocycles. The summed E-state index contributed by atoms with van der Waals surface area (Å²) in [5, 5.41) is 5.96. The Morgan fingerprint density at radius 3 is 2.45 bits per heavy atom. The van der Waals surface area contributed by atoms with Gasteiger partial charge < -0.3 is 20.1 Å². The molecule has 0 saturated carbocycles. The van der Waals surface area contributed by atoms with Crippen LogP contribution >= 0.6 is 0 Å². The molecule has 1 rings (SSSR count). The summed E-state index contributed by atoms with van der Waals surface area (Å²) in [6, 6.07) is 9.58. The van der Waals surface area contributed by atoms with Crippen molar-refractivity contribution in [3.8, 4) is 5.75 Å². The maximum Gasteiger partial charge on any atom is 0.325 e. The molecule has 0 aromatic heterocycles. The van der Waals surface area contributed by atoms with Gasteiger partial charge in [0.25, 0.3) is 0 Å². The van der Waals surface area contributed by atoms with Crippen LogP contribution in [0.25, 0.3) is 0 Å². The minimum Gasteiger partial charge on any atom is -0.492 e. The van der Waals surface area contributed by atoms with Crippen LogP contribution < -0.4 is 15.4 Å². The highest BCUT2D eigenvalue weighted by atomic mass is 16.6. The Morgan fingerprint density at radius 2 is 1.86 bits per heavy atom. The molecule has 0 atom stereocenters. The van der Waals surface area contributed by atoms with Crippen molar-refractivity contribution in [1.29, 1.82) is 0 Å². The molecule has 122 valence electrons. The van der Waals surface area contributed by atoms with E-state index in [1.807, 2.05) is 51.1 Å². The van der Waals surface area contributed by atoms with Crippen LogP contribution in [0.1, 0.15) is 20.8 Å². The lowest BCUT2D eigenvalue weighted by Crippen LogP contribution is -2.42. The monoisotopic (exact) mass is 307 g/mol. The summed E-state index contributed by atoms with van der Waals surface area (Å²) in [5.74, 6) is 1.03. The predicted molar refractivity (Wildman–Crippen MR) is 87.1 cm³/mol. The predicted octanol–water partition coefficient (Wildman–Crippen LogP) is 1.57. The summed E-state index contributed by atoms with van der Waals surface area (Å²) >= 11 is 0. The van der Waals surface area contributed by atoms with Gasteiger partial charge in [0.05, 0.1) is 6.54 Å². The second-order valence-electron chi connectivity index (χ2n) is 5.60. The quantitative estimate of drug-likeness (QED) is 0.361. The number of nitrogens with zero attached hydrogens (tertiary/aromatic N) is 1. The zero-order valence-electron chi connectivity index (χ0n) is 13.7. The van der Waals surface area contributed by atoms with Crippen molar-refractivity contribution in [2.75, 3.05) is 26.7 Å². The number of nitrogens with one attached hydrogen (secondary N) is 2. The summed E-state index contributed by atoms with van der Waals surface area (Å²) in [6.45, 7) is 6.63. The van der Waals surface area contributed by atoms with E-state index in [1.165, 1.54) is 0 Å². The van der Waals surface area contributed by atoms with E-state index in [1.54, 1.807) is 7.05 Å². The highest BCUT2D eigenvalue weighted by Gasteiger charge is 2.16. The summed E-state index contributed by atoms with van der Waals surface area (Å²) in [4.78, 5) is 15.6. The van der Waals surface area contributed by atoms with Crippen molar-refractivity contribution in [2.24, 2.45) is 4.99 Å². The minimum absolute atomic E-state index is 0.0660. The maximum absolute atomic E-state index is 11.6. The van der Waals surface area contributed by atoms with Gasteiger partial charge in [-0.15, -0.1) is 0 Å². The zero-order valence-corrected chi connectivity index (χ0v) is 13.7. The number of para-hydroxylation sites is 1. The van der Waals surface area contributed by atoms with Gasteiger partial charge in [0.1, 0.15) is 24.5 Å². The number of aliphatic imine (C=N–C) groups is 1. The van der Waals surface area contributed by atoms with E-state index < -0.39 is 5.60 Å². The molecule has 6 heteroatoms. The van der Waals surface area contributed by atoms with Crippen molar-refractivity contribution in [2.45, 2.75) is 26.4 Å². The SMILES string of the molecule is CN=C(NCCOc1ccccc1)NCC(=O)OC(C)(C)C. The van der Waals surface area contributed by atoms with Gasteiger partial charge in [-0.2, -0.15) is 0 Å². The smallest absolute Gasteiger partial charge is 0.325 e. The third-order valence-corrected chi connectivity index (χ3v) is 2.45. The fourth-order valence-corrected chi connectivity index (χ4v) is 1.61. The number of guanidine groups is 1. The number of carbonyl (C=O) groups excluding carboxylic acids is 1. The highest BCUT2D eigenvalue weighted by molar-refractivity contribution is 5.84. The summed E-state index contributed by atoms with van der Waals surface area (Å²) in [5.41, 5.74) is -0.487. The molecule has 0 aliphatic carbocycles. The second kappa shape index (κ2) is 8.92. The van der Waals surface area contributed by atoms with Crippen molar-refractivity contribution < 1.29 is 14.3 Å². The molecule has 0 radical (unpaired) electrons. The van der Waals surface area contributed by atoms with Crippen LogP contribution in [-0.2, 0) is 9.53 Å². The Kier molecular flexibility index (Phi) is 7.22. The molecular formula is C16H25N3O3. The Labute approximate surface area is 131 Å². The third-order valence-electron chi connectivity index (χ3n) is 2.45. The first-order valence-electron chi connectivity index (χ1n) is 7.25. The van der Waals surface area contributed by atoms with Crippen LogP contribution in [-0.4, -0.2) is 44.3 Å². The molecule has 0 aliphatic heterocycles. The molecule has 0 spiro atoms. The standard InChI is InChI=1S/C16H25N3O3/c1-16(2,3)22-14(20)12-19-15(17-4)18-10-11-21-13-8-6-5-7-9-13/h5-9H,10-12H2,1-4H3,(H2,17,18,19). The molecule has 0 fully saturated rings. The first-order chi connectivity index (χ1) is 10.4. The molecule has 22 heavy (non-hydrogen) atoms. The molecule has 1 aromatic rings. The van der Waals surface area contributed by atoms with Gasteiger partial charge in [-0.1, -0.05) is 18.2 Å². The molecule has 6 nitrogen and oxygen atoms in total. The lowest BCUT2D eigenvalue weighted by Gasteiger charge is -2.20. The molecule has 0 bridgehead atoms. The second-order valence-corrected chi connectivity index (χ2v) is 5.60. The lowest BCUT2D eigenvalue weighted by molar-refractivity contribution is -0.153. The first kappa shape index (κ1) is 17.8. The molecule has 0 heterocycles. The van der Waals surface area contributed by atoms with Gasteiger partial charge in [-0.25, -0.2) is 0 Å². The lowest BCUT2D eigenvalue weighted by atomic mass is 10.2. The number of hydrogen-bond donors (Lipinski definition) is 2. The topological polar surface area (TPSA) is 72.0 Å². The van der Waals surface area contributed by atoms with Crippen LogP contribution in [0.5, 0.6) is 5.75 Å². The Bertz CT molecular complexity index is 481. The average molecular weight is 307 g/mol. The van der Waals surface area contributed by atoms with Crippen molar-refractivity contribution >= 4 is 11.9 Å². The van der Waals surface area contributed by atoms with Crippen molar-refractivity contribution in [1.82, 2.24) is 10.6 Å². The normalized spacial score (nSPS) is 11.7. The summed E-state index contributed by atoms with van der Waals surface area (Å²) in [6.07, 6.45) is 0. The maximum atomic E-state index is 11.6. The number of benzene rings is 1.